The van der Waals surface area contributed by atoms with Crippen LogP contribution in [0.1, 0.15) is 52.9 Å². The van der Waals surface area contributed by atoms with Crippen LogP contribution in [-0.2, 0) is 0 Å². The molecule has 1 aliphatic rings. The Balaban J connectivity index is 0.000000218. The zero-order valence-corrected chi connectivity index (χ0v) is 8.32. The average molecular weight is 157 g/mol. The highest BCUT2D eigenvalue weighted by atomic mass is 14.9. The highest BCUT2D eigenvalue weighted by Crippen LogP contribution is 2.04. The minimum Gasteiger partial charge on any atom is -0.314 e. The second kappa shape index (κ2) is 8.06. The van der Waals surface area contributed by atoms with E-state index >= 15 is 0 Å². The van der Waals surface area contributed by atoms with Gasteiger partial charge in [-0.15, -0.1) is 0 Å². The molecule has 1 unspecified atom stereocenters. The predicted octanol–water partition coefficient (Wildman–Crippen LogP) is 2.95. The fraction of sp³-hybridized carbons (Fsp3) is 1.00. The number of hydrogen-bond donors (Lipinski definition) is 1. The van der Waals surface area contributed by atoms with Crippen molar-refractivity contribution in [2.75, 3.05) is 6.54 Å². The molecule has 1 heteroatoms. The summed E-state index contributed by atoms with van der Waals surface area (Å²) in [5.74, 6) is 0. The number of rotatable bonds is 1. The Morgan fingerprint density at radius 2 is 1.82 bits per heavy atom. The van der Waals surface area contributed by atoms with E-state index in [4.69, 9.17) is 0 Å². The summed E-state index contributed by atoms with van der Waals surface area (Å²) in [6.07, 6.45) is 6.82. The van der Waals surface area contributed by atoms with Crippen LogP contribution in [0.15, 0.2) is 0 Å². The zero-order valence-electron chi connectivity index (χ0n) is 8.32. The number of hydrogen-bond acceptors (Lipinski definition) is 1. The van der Waals surface area contributed by atoms with Gasteiger partial charge in [0.2, 0.25) is 0 Å². The van der Waals surface area contributed by atoms with Gasteiger partial charge in [0.1, 0.15) is 0 Å². The summed E-state index contributed by atoms with van der Waals surface area (Å²) in [6, 6.07) is 0.786. The summed E-state index contributed by atoms with van der Waals surface area (Å²) in [5.41, 5.74) is 0. The third-order valence-electron chi connectivity index (χ3n) is 2.06. The average Bonchev–Trinajstić information content (AvgIpc) is 2.07. The van der Waals surface area contributed by atoms with Crippen molar-refractivity contribution in [3.8, 4) is 0 Å². The Kier molecular flexibility index (Phi) is 8.03. The SMILES string of the molecule is CC1CCCCN1.CCCC. The smallest absolute Gasteiger partial charge is 0.00387 e. The Hall–Kier alpha value is -0.0400. The molecule has 0 aromatic rings. The van der Waals surface area contributed by atoms with Crippen LogP contribution >= 0.6 is 0 Å². The van der Waals surface area contributed by atoms with E-state index in [1.54, 1.807) is 0 Å². The van der Waals surface area contributed by atoms with Gasteiger partial charge in [-0.1, -0.05) is 33.1 Å². The van der Waals surface area contributed by atoms with Crippen molar-refractivity contribution in [1.82, 2.24) is 5.32 Å². The van der Waals surface area contributed by atoms with Gasteiger partial charge in [0.05, 0.1) is 0 Å². The van der Waals surface area contributed by atoms with Gasteiger partial charge in [-0.25, -0.2) is 0 Å². The molecular formula is C10H23N. The first-order valence-electron chi connectivity index (χ1n) is 5.04. The molecule has 0 spiro atoms. The quantitative estimate of drug-likeness (QED) is 0.617. The normalized spacial score (nSPS) is 23.7. The molecule has 0 saturated carbocycles. The molecule has 1 aliphatic heterocycles. The van der Waals surface area contributed by atoms with Crippen molar-refractivity contribution in [2.45, 2.75) is 58.9 Å². The lowest BCUT2D eigenvalue weighted by Crippen LogP contribution is -2.30. The van der Waals surface area contributed by atoms with Crippen molar-refractivity contribution < 1.29 is 0 Å². The number of nitrogens with one attached hydrogen (secondary N) is 1. The Labute approximate surface area is 71.6 Å². The molecule has 1 saturated heterocycles. The van der Waals surface area contributed by atoms with Gasteiger partial charge in [-0.05, 0) is 26.3 Å². The monoisotopic (exact) mass is 157 g/mol. The molecule has 68 valence electrons. The van der Waals surface area contributed by atoms with Crippen molar-refractivity contribution in [2.24, 2.45) is 0 Å². The third-order valence-corrected chi connectivity index (χ3v) is 2.06. The number of unbranched alkanes of at least 4 members (excludes halogenated alkanes) is 1. The summed E-state index contributed by atoms with van der Waals surface area (Å²) in [4.78, 5) is 0. The van der Waals surface area contributed by atoms with E-state index in [0.717, 1.165) is 6.04 Å². The van der Waals surface area contributed by atoms with E-state index in [2.05, 4.69) is 26.1 Å². The lowest BCUT2D eigenvalue weighted by molar-refractivity contribution is 0.425. The molecule has 1 atom stereocenters. The topological polar surface area (TPSA) is 12.0 Å². The van der Waals surface area contributed by atoms with Crippen LogP contribution in [0.3, 0.4) is 0 Å². The van der Waals surface area contributed by atoms with Gasteiger partial charge in [0.15, 0.2) is 0 Å². The van der Waals surface area contributed by atoms with Crippen molar-refractivity contribution in [1.29, 1.82) is 0 Å². The van der Waals surface area contributed by atoms with Crippen LogP contribution in [0.2, 0.25) is 0 Å². The molecule has 1 N–H and O–H groups in total. The summed E-state index contributed by atoms with van der Waals surface area (Å²) in [7, 11) is 0. The fourth-order valence-electron chi connectivity index (χ4n) is 1.03. The van der Waals surface area contributed by atoms with Crippen molar-refractivity contribution in [3.63, 3.8) is 0 Å². The Morgan fingerprint density at radius 1 is 1.18 bits per heavy atom. The molecule has 1 fully saturated rings. The Bertz CT molecular complexity index is 63.3. The summed E-state index contributed by atoms with van der Waals surface area (Å²) < 4.78 is 0. The lowest BCUT2D eigenvalue weighted by Gasteiger charge is -2.18. The van der Waals surface area contributed by atoms with Gasteiger partial charge in [-0.2, -0.15) is 0 Å². The molecule has 1 nitrogen and oxygen atoms in total. The van der Waals surface area contributed by atoms with Gasteiger partial charge in [-0.3, -0.25) is 0 Å². The molecule has 1 rings (SSSR count). The van der Waals surface area contributed by atoms with E-state index < -0.39 is 0 Å². The minimum absolute atomic E-state index is 0.786. The Morgan fingerprint density at radius 3 is 2.00 bits per heavy atom. The summed E-state index contributed by atoms with van der Waals surface area (Å²) in [5, 5.41) is 3.38. The van der Waals surface area contributed by atoms with E-state index in [9.17, 15) is 0 Å². The lowest BCUT2D eigenvalue weighted by atomic mass is 10.1. The third kappa shape index (κ3) is 7.86. The fourth-order valence-corrected chi connectivity index (χ4v) is 1.03. The second-order valence-corrected chi connectivity index (χ2v) is 3.35. The van der Waals surface area contributed by atoms with E-state index in [-0.39, 0.29) is 0 Å². The predicted molar refractivity (Wildman–Crippen MR) is 51.9 cm³/mol. The van der Waals surface area contributed by atoms with Gasteiger partial charge in [0.25, 0.3) is 0 Å². The highest BCUT2D eigenvalue weighted by molar-refractivity contribution is 4.65. The molecule has 0 amide bonds. The largest absolute Gasteiger partial charge is 0.314 e. The van der Waals surface area contributed by atoms with Crippen LogP contribution in [0.4, 0.5) is 0 Å². The molecule has 0 radical (unpaired) electrons. The van der Waals surface area contributed by atoms with Crippen molar-refractivity contribution in [3.05, 3.63) is 0 Å². The van der Waals surface area contributed by atoms with Crippen LogP contribution in [0.5, 0.6) is 0 Å². The van der Waals surface area contributed by atoms with Crippen molar-refractivity contribution >= 4 is 0 Å². The number of piperidine rings is 1. The molecule has 1 heterocycles. The highest BCUT2D eigenvalue weighted by Gasteiger charge is 2.04. The van der Waals surface area contributed by atoms with Crippen LogP contribution in [0, 0.1) is 0 Å². The van der Waals surface area contributed by atoms with Crippen LogP contribution < -0.4 is 5.32 Å². The van der Waals surface area contributed by atoms with Crippen LogP contribution in [-0.4, -0.2) is 12.6 Å². The zero-order chi connectivity index (χ0) is 8.53. The summed E-state index contributed by atoms with van der Waals surface area (Å²) in [6.45, 7) is 7.85. The second-order valence-electron chi connectivity index (χ2n) is 3.35. The van der Waals surface area contributed by atoms with Crippen LogP contribution in [0.25, 0.3) is 0 Å². The standard InChI is InChI=1S/C6H13N.C4H10/c1-6-4-2-3-5-7-6;1-3-4-2/h6-7H,2-5H2,1H3;3-4H2,1-2H3. The molecule has 0 bridgehead atoms. The molecule has 0 aliphatic carbocycles. The van der Waals surface area contributed by atoms with E-state index in [1.807, 2.05) is 0 Å². The molecule has 0 aromatic heterocycles. The van der Waals surface area contributed by atoms with Gasteiger partial charge >= 0.3 is 0 Å². The first kappa shape index (κ1) is 11.0. The minimum atomic E-state index is 0.786. The maximum absolute atomic E-state index is 3.38. The van der Waals surface area contributed by atoms with Gasteiger partial charge < -0.3 is 5.32 Å². The van der Waals surface area contributed by atoms with Gasteiger partial charge in [0, 0.05) is 6.04 Å². The van der Waals surface area contributed by atoms with E-state index in [0.29, 0.717) is 0 Å². The maximum Gasteiger partial charge on any atom is 0.00387 e. The molecule has 11 heavy (non-hydrogen) atoms. The first-order valence-corrected chi connectivity index (χ1v) is 5.04. The first-order chi connectivity index (χ1) is 5.31. The maximum atomic E-state index is 3.38. The molecule has 0 aromatic carbocycles. The van der Waals surface area contributed by atoms with E-state index in [1.165, 1.54) is 38.6 Å². The molecular weight excluding hydrogens is 134 g/mol. The summed E-state index contributed by atoms with van der Waals surface area (Å²) >= 11 is 0.